The van der Waals surface area contributed by atoms with Crippen LogP contribution < -0.4 is 21.5 Å². The van der Waals surface area contributed by atoms with Gasteiger partial charge in [-0.3, -0.25) is 19.6 Å². The van der Waals surface area contributed by atoms with E-state index in [1.807, 2.05) is 0 Å². The van der Waals surface area contributed by atoms with Crippen molar-refractivity contribution in [2.24, 2.45) is 5.84 Å². The fourth-order valence-electron chi connectivity index (χ4n) is 1.32. The van der Waals surface area contributed by atoms with Crippen LogP contribution in [0.5, 0.6) is 0 Å². The van der Waals surface area contributed by atoms with Gasteiger partial charge in [-0.2, -0.15) is 5.10 Å². The van der Waals surface area contributed by atoms with Gasteiger partial charge in [0.15, 0.2) is 10.8 Å². The van der Waals surface area contributed by atoms with Crippen molar-refractivity contribution in [2.75, 3.05) is 10.1 Å². The number of thiophene rings is 1. The van der Waals surface area contributed by atoms with E-state index in [0.29, 0.717) is 11.3 Å². The van der Waals surface area contributed by atoms with E-state index in [2.05, 4.69) is 20.3 Å². The van der Waals surface area contributed by atoms with Gasteiger partial charge in [-0.05, 0) is 6.07 Å². The molecule has 2 aromatic heterocycles. The van der Waals surface area contributed by atoms with Gasteiger partial charge in [0, 0.05) is 12.1 Å². The Morgan fingerprint density at radius 3 is 2.62 bits per heavy atom. The molecule has 2 heterocycles. The zero-order valence-electron chi connectivity index (χ0n) is 10.1. The highest BCUT2D eigenvalue weighted by molar-refractivity contribution is 7.94. The SMILES string of the molecule is NNc1sc(S(=O)(=O)Nc2ccc(=O)[nH]n2)cc1[N+](=O)[O-]. The smallest absolute Gasteiger partial charge is 0.306 e. The summed E-state index contributed by atoms with van der Waals surface area (Å²) in [5.74, 6) is 4.97. The van der Waals surface area contributed by atoms with Gasteiger partial charge < -0.3 is 5.43 Å². The second-order valence-electron chi connectivity index (χ2n) is 3.59. The van der Waals surface area contributed by atoms with Gasteiger partial charge in [-0.25, -0.2) is 19.4 Å². The number of hydrogen-bond donors (Lipinski definition) is 4. The summed E-state index contributed by atoms with van der Waals surface area (Å²) in [6.07, 6.45) is 0. The monoisotopic (exact) mass is 332 g/mol. The molecule has 0 aliphatic rings. The molecule has 0 spiro atoms. The van der Waals surface area contributed by atoms with Gasteiger partial charge in [-0.1, -0.05) is 11.3 Å². The molecule has 0 aromatic carbocycles. The van der Waals surface area contributed by atoms with Crippen molar-refractivity contribution in [1.29, 1.82) is 0 Å². The fourth-order valence-corrected chi connectivity index (χ4v) is 3.56. The molecule has 0 unspecified atom stereocenters. The quantitative estimate of drug-likeness (QED) is 0.331. The Hall–Kier alpha value is -2.51. The largest absolute Gasteiger partial charge is 0.310 e. The van der Waals surface area contributed by atoms with Crippen molar-refractivity contribution in [3.05, 3.63) is 38.7 Å². The van der Waals surface area contributed by atoms with Gasteiger partial charge in [0.2, 0.25) is 0 Å². The predicted molar refractivity (Wildman–Crippen MR) is 74.4 cm³/mol. The van der Waals surface area contributed by atoms with Crippen LogP contribution in [0.3, 0.4) is 0 Å². The minimum Gasteiger partial charge on any atom is -0.310 e. The Bertz CT molecular complexity index is 821. The molecule has 0 amide bonds. The first kappa shape index (κ1) is 14.9. The highest BCUT2D eigenvalue weighted by Gasteiger charge is 2.26. The number of nitrogens with zero attached hydrogens (tertiary/aromatic N) is 2. The number of aromatic nitrogens is 2. The normalized spacial score (nSPS) is 11.1. The van der Waals surface area contributed by atoms with Crippen molar-refractivity contribution >= 4 is 37.9 Å². The zero-order chi connectivity index (χ0) is 15.6. The molecule has 0 saturated carbocycles. The average Bonchev–Trinajstić information content (AvgIpc) is 2.86. The molecule has 0 fully saturated rings. The molecule has 0 aliphatic heterocycles. The van der Waals surface area contributed by atoms with Crippen LogP contribution in [-0.4, -0.2) is 23.5 Å². The van der Waals surface area contributed by atoms with E-state index >= 15 is 0 Å². The van der Waals surface area contributed by atoms with Crippen LogP contribution >= 0.6 is 11.3 Å². The van der Waals surface area contributed by atoms with Crippen molar-refractivity contribution in [3.63, 3.8) is 0 Å². The first-order valence-electron chi connectivity index (χ1n) is 5.17. The summed E-state index contributed by atoms with van der Waals surface area (Å²) in [4.78, 5) is 20.8. The van der Waals surface area contributed by atoms with Crippen molar-refractivity contribution in [2.45, 2.75) is 4.21 Å². The fraction of sp³-hybridized carbons (Fsp3) is 0. The number of nitrogen functional groups attached to an aromatic ring is 1. The lowest BCUT2D eigenvalue weighted by atomic mass is 10.5. The minimum atomic E-state index is -4.09. The Kier molecular flexibility index (Phi) is 3.88. The van der Waals surface area contributed by atoms with E-state index in [9.17, 15) is 23.3 Å². The summed E-state index contributed by atoms with van der Waals surface area (Å²) in [7, 11) is -4.09. The maximum atomic E-state index is 12.1. The molecular formula is C8H8N6O5S2. The molecule has 0 bridgehead atoms. The maximum absolute atomic E-state index is 12.1. The molecule has 0 saturated heterocycles. The number of anilines is 2. The molecule has 2 rings (SSSR count). The summed E-state index contributed by atoms with van der Waals surface area (Å²) >= 11 is 0.589. The van der Waals surface area contributed by atoms with Crippen LogP contribution in [0.1, 0.15) is 0 Å². The van der Waals surface area contributed by atoms with Crippen LogP contribution in [0.15, 0.2) is 27.2 Å². The molecular weight excluding hydrogens is 324 g/mol. The highest BCUT2D eigenvalue weighted by atomic mass is 32.2. The number of nitro groups is 1. The van der Waals surface area contributed by atoms with Crippen LogP contribution in [-0.2, 0) is 10.0 Å². The van der Waals surface area contributed by atoms with E-state index in [1.165, 1.54) is 0 Å². The molecule has 13 heteroatoms. The third kappa shape index (κ3) is 3.15. The topological polar surface area (TPSA) is 173 Å². The van der Waals surface area contributed by atoms with E-state index < -0.39 is 26.2 Å². The standard InChI is InChI=1S/C8H8N6O5S2/c9-10-8-4(14(16)17)3-7(20-8)21(18,19)13-5-1-2-6(15)12-11-5/h1-3,10H,9H2,(H,11,13)(H,12,15). The number of hydrazine groups is 1. The van der Waals surface area contributed by atoms with Crippen LogP contribution in [0, 0.1) is 10.1 Å². The summed E-state index contributed by atoms with van der Waals surface area (Å²) in [5, 5.41) is 16.2. The van der Waals surface area contributed by atoms with Gasteiger partial charge in [0.05, 0.1) is 4.92 Å². The van der Waals surface area contributed by atoms with Gasteiger partial charge in [0.1, 0.15) is 4.21 Å². The van der Waals surface area contributed by atoms with E-state index in [4.69, 9.17) is 5.84 Å². The van der Waals surface area contributed by atoms with Crippen molar-refractivity contribution < 1.29 is 13.3 Å². The molecule has 2 aromatic rings. The van der Waals surface area contributed by atoms with Crippen LogP contribution in [0.4, 0.5) is 16.5 Å². The van der Waals surface area contributed by atoms with E-state index in [-0.39, 0.29) is 15.0 Å². The predicted octanol–water partition coefficient (Wildman–Crippen LogP) is -0.174. The molecule has 11 nitrogen and oxygen atoms in total. The molecule has 21 heavy (non-hydrogen) atoms. The molecule has 112 valence electrons. The molecule has 0 atom stereocenters. The van der Waals surface area contributed by atoms with Gasteiger partial charge >= 0.3 is 5.69 Å². The number of H-pyrrole nitrogens is 1. The Balaban J connectivity index is 2.37. The second kappa shape index (κ2) is 5.47. The number of nitrogens with one attached hydrogen (secondary N) is 3. The number of hydrogen-bond acceptors (Lipinski definition) is 9. The molecule has 0 aliphatic carbocycles. The lowest BCUT2D eigenvalue weighted by molar-refractivity contribution is -0.383. The molecule has 5 N–H and O–H groups in total. The summed E-state index contributed by atoms with van der Waals surface area (Å²) in [6.45, 7) is 0. The van der Waals surface area contributed by atoms with Gasteiger partial charge in [0.25, 0.3) is 15.6 Å². The first-order chi connectivity index (χ1) is 9.83. The molecule has 0 radical (unpaired) electrons. The van der Waals surface area contributed by atoms with Crippen LogP contribution in [0.25, 0.3) is 0 Å². The highest BCUT2D eigenvalue weighted by Crippen LogP contribution is 2.36. The summed E-state index contributed by atoms with van der Waals surface area (Å²) in [5.41, 5.74) is 1.10. The second-order valence-corrected chi connectivity index (χ2v) is 6.55. The average molecular weight is 332 g/mol. The summed E-state index contributed by atoms with van der Waals surface area (Å²) in [6, 6.07) is 3.10. The Morgan fingerprint density at radius 2 is 2.14 bits per heavy atom. The van der Waals surface area contributed by atoms with Crippen molar-refractivity contribution in [3.8, 4) is 0 Å². The minimum absolute atomic E-state index is 0.102. The summed E-state index contributed by atoms with van der Waals surface area (Å²) < 4.78 is 25.9. The third-order valence-corrected chi connectivity index (χ3v) is 5.08. The van der Waals surface area contributed by atoms with Crippen molar-refractivity contribution in [1.82, 2.24) is 10.2 Å². The maximum Gasteiger partial charge on any atom is 0.306 e. The Labute approximate surface area is 121 Å². The lowest BCUT2D eigenvalue weighted by Crippen LogP contribution is -2.15. The van der Waals surface area contributed by atoms with E-state index in [0.717, 1.165) is 18.2 Å². The zero-order valence-corrected chi connectivity index (χ0v) is 11.7. The van der Waals surface area contributed by atoms with Crippen LogP contribution in [0.2, 0.25) is 0 Å². The number of aromatic amines is 1. The number of rotatable bonds is 5. The number of nitrogens with two attached hydrogens (primary N) is 1. The van der Waals surface area contributed by atoms with E-state index in [1.54, 1.807) is 0 Å². The Morgan fingerprint density at radius 1 is 1.43 bits per heavy atom. The third-order valence-electron chi connectivity index (χ3n) is 2.20. The van der Waals surface area contributed by atoms with Gasteiger partial charge in [-0.15, -0.1) is 0 Å². The first-order valence-corrected chi connectivity index (χ1v) is 7.47. The number of sulfonamides is 1. The lowest BCUT2D eigenvalue weighted by Gasteiger charge is -2.03.